The van der Waals surface area contributed by atoms with Crippen LogP contribution in [0.5, 0.6) is 0 Å². The van der Waals surface area contributed by atoms with Crippen LogP contribution >= 0.6 is 0 Å². The number of carbonyl (C=O) groups excluding carboxylic acids is 1. The monoisotopic (exact) mass is 260 g/mol. The van der Waals surface area contributed by atoms with E-state index in [2.05, 4.69) is 37.5 Å². The van der Waals surface area contributed by atoms with Gasteiger partial charge in [0, 0.05) is 18.2 Å². The van der Waals surface area contributed by atoms with E-state index in [1.807, 2.05) is 12.1 Å². The average Bonchev–Trinajstić information content (AvgIpc) is 2.43. The molecule has 1 heterocycles. The van der Waals surface area contributed by atoms with Gasteiger partial charge in [0.2, 0.25) is 0 Å². The van der Waals surface area contributed by atoms with Gasteiger partial charge in [0.05, 0.1) is 0 Å². The quantitative estimate of drug-likeness (QED) is 0.873. The van der Waals surface area contributed by atoms with E-state index >= 15 is 0 Å². The Kier molecular flexibility index (Phi) is 4.59. The van der Waals surface area contributed by atoms with Crippen molar-refractivity contribution in [1.82, 2.24) is 10.6 Å². The zero-order valence-corrected chi connectivity index (χ0v) is 12.1. The van der Waals surface area contributed by atoms with Gasteiger partial charge in [-0.1, -0.05) is 26.8 Å². The van der Waals surface area contributed by atoms with Crippen LogP contribution in [-0.2, 0) is 13.0 Å². The van der Waals surface area contributed by atoms with Crippen molar-refractivity contribution in [2.75, 3.05) is 6.54 Å². The molecule has 0 radical (unpaired) electrons. The Morgan fingerprint density at radius 1 is 1.37 bits per heavy atom. The van der Waals surface area contributed by atoms with Crippen molar-refractivity contribution < 1.29 is 4.79 Å². The van der Waals surface area contributed by atoms with Crippen LogP contribution in [0.4, 0.5) is 0 Å². The third-order valence-corrected chi connectivity index (χ3v) is 3.92. The molecule has 2 rings (SSSR count). The minimum absolute atomic E-state index is 0.0499. The topological polar surface area (TPSA) is 41.1 Å². The molecule has 1 atom stereocenters. The van der Waals surface area contributed by atoms with E-state index in [9.17, 15) is 4.79 Å². The number of amides is 1. The van der Waals surface area contributed by atoms with Gasteiger partial charge in [-0.25, -0.2) is 0 Å². The lowest BCUT2D eigenvalue weighted by Gasteiger charge is -2.22. The molecule has 0 spiro atoms. The molecule has 1 unspecified atom stereocenters. The molecule has 0 fully saturated rings. The highest BCUT2D eigenvalue weighted by molar-refractivity contribution is 5.94. The number of benzene rings is 1. The van der Waals surface area contributed by atoms with Gasteiger partial charge >= 0.3 is 0 Å². The minimum atomic E-state index is 0.0499. The summed E-state index contributed by atoms with van der Waals surface area (Å²) >= 11 is 0. The summed E-state index contributed by atoms with van der Waals surface area (Å²) in [6, 6.07) is 6.33. The largest absolute Gasteiger partial charge is 0.349 e. The van der Waals surface area contributed by atoms with Gasteiger partial charge in [-0.3, -0.25) is 4.79 Å². The van der Waals surface area contributed by atoms with Crippen molar-refractivity contribution in [3.8, 4) is 0 Å². The fraction of sp³-hybridized carbons (Fsp3) is 0.562. The van der Waals surface area contributed by atoms with E-state index in [0.29, 0.717) is 5.92 Å². The Morgan fingerprint density at radius 2 is 2.16 bits per heavy atom. The molecule has 0 saturated heterocycles. The van der Waals surface area contributed by atoms with Crippen LogP contribution in [0, 0.1) is 5.92 Å². The molecule has 1 aliphatic rings. The average molecular weight is 260 g/mol. The van der Waals surface area contributed by atoms with E-state index in [0.717, 1.165) is 31.5 Å². The summed E-state index contributed by atoms with van der Waals surface area (Å²) in [6.45, 7) is 8.31. The van der Waals surface area contributed by atoms with Gasteiger partial charge < -0.3 is 10.6 Å². The van der Waals surface area contributed by atoms with Crippen LogP contribution in [-0.4, -0.2) is 18.5 Å². The van der Waals surface area contributed by atoms with Crippen molar-refractivity contribution >= 4 is 5.91 Å². The number of nitrogens with one attached hydrogen (secondary N) is 2. The fourth-order valence-electron chi connectivity index (χ4n) is 2.61. The normalized spacial score (nSPS) is 16.0. The Hall–Kier alpha value is -1.35. The molecule has 0 aliphatic carbocycles. The molecule has 0 aromatic heterocycles. The number of hydrogen-bond donors (Lipinski definition) is 2. The molecule has 0 bridgehead atoms. The lowest BCUT2D eigenvalue weighted by atomic mass is 9.97. The number of carbonyl (C=O) groups is 1. The second-order valence-corrected chi connectivity index (χ2v) is 5.64. The molecular weight excluding hydrogens is 236 g/mol. The Bertz CT molecular complexity index is 454. The molecule has 19 heavy (non-hydrogen) atoms. The van der Waals surface area contributed by atoms with E-state index in [4.69, 9.17) is 0 Å². The van der Waals surface area contributed by atoms with Crippen LogP contribution in [0.2, 0.25) is 0 Å². The van der Waals surface area contributed by atoms with Gasteiger partial charge in [-0.05, 0) is 48.6 Å². The van der Waals surface area contributed by atoms with Crippen molar-refractivity contribution in [3.05, 3.63) is 34.9 Å². The molecule has 1 amide bonds. The molecule has 1 aromatic carbocycles. The third-order valence-electron chi connectivity index (χ3n) is 3.92. The SMILES string of the molecule is CCC(NC(=O)c1ccc2c(c1)CNCC2)C(C)C. The summed E-state index contributed by atoms with van der Waals surface area (Å²) in [5, 5.41) is 6.48. The number of hydrogen-bond acceptors (Lipinski definition) is 2. The zero-order valence-electron chi connectivity index (χ0n) is 12.1. The van der Waals surface area contributed by atoms with Gasteiger partial charge in [0.25, 0.3) is 5.91 Å². The molecule has 1 aromatic rings. The minimum Gasteiger partial charge on any atom is -0.349 e. The van der Waals surface area contributed by atoms with Crippen LogP contribution in [0.15, 0.2) is 18.2 Å². The first kappa shape index (κ1) is 14.1. The number of fused-ring (bicyclic) bond motifs is 1. The Labute approximate surface area is 115 Å². The maximum Gasteiger partial charge on any atom is 0.251 e. The maximum absolute atomic E-state index is 12.3. The highest BCUT2D eigenvalue weighted by Gasteiger charge is 2.17. The van der Waals surface area contributed by atoms with E-state index in [1.165, 1.54) is 11.1 Å². The molecule has 2 N–H and O–H groups in total. The van der Waals surface area contributed by atoms with Gasteiger partial charge in [0.1, 0.15) is 0 Å². The van der Waals surface area contributed by atoms with Gasteiger partial charge in [0.15, 0.2) is 0 Å². The highest BCUT2D eigenvalue weighted by Crippen LogP contribution is 2.16. The first-order valence-corrected chi connectivity index (χ1v) is 7.25. The van der Waals surface area contributed by atoms with Crippen LogP contribution in [0.25, 0.3) is 0 Å². The van der Waals surface area contributed by atoms with Gasteiger partial charge in [-0.15, -0.1) is 0 Å². The molecule has 104 valence electrons. The zero-order chi connectivity index (χ0) is 13.8. The first-order valence-electron chi connectivity index (χ1n) is 7.25. The lowest BCUT2D eigenvalue weighted by Crippen LogP contribution is -2.38. The van der Waals surface area contributed by atoms with Crippen LogP contribution in [0.3, 0.4) is 0 Å². The fourth-order valence-corrected chi connectivity index (χ4v) is 2.61. The predicted octanol–water partition coefficient (Wildman–Crippen LogP) is 2.50. The summed E-state index contributed by atoms with van der Waals surface area (Å²) in [6.07, 6.45) is 2.02. The van der Waals surface area contributed by atoms with E-state index in [-0.39, 0.29) is 11.9 Å². The molecule has 3 nitrogen and oxygen atoms in total. The van der Waals surface area contributed by atoms with E-state index < -0.39 is 0 Å². The van der Waals surface area contributed by atoms with Crippen molar-refractivity contribution in [2.24, 2.45) is 5.92 Å². The molecule has 0 saturated carbocycles. The van der Waals surface area contributed by atoms with Crippen molar-refractivity contribution in [1.29, 1.82) is 0 Å². The first-order chi connectivity index (χ1) is 9.11. The summed E-state index contributed by atoms with van der Waals surface area (Å²) in [4.78, 5) is 12.3. The molecular formula is C16H24N2O. The standard InChI is InChI=1S/C16H24N2O/c1-4-15(11(2)3)18-16(19)13-6-5-12-7-8-17-10-14(12)9-13/h5-6,9,11,15,17H,4,7-8,10H2,1-3H3,(H,18,19). The van der Waals surface area contributed by atoms with Crippen LogP contribution in [0.1, 0.15) is 48.7 Å². The summed E-state index contributed by atoms with van der Waals surface area (Å²) in [5.74, 6) is 0.516. The third kappa shape index (κ3) is 3.35. The van der Waals surface area contributed by atoms with Gasteiger partial charge in [-0.2, -0.15) is 0 Å². The van der Waals surface area contributed by atoms with E-state index in [1.54, 1.807) is 0 Å². The predicted molar refractivity (Wildman–Crippen MR) is 78.2 cm³/mol. The lowest BCUT2D eigenvalue weighted by molar-refractivity contribution is 0.0924. The van der Waals surface area contributed by atoms with Crippen LogP contribution < -0.4 is 10.6 Å². The Balaban J connectivity index is 2.11. The summed E-state index contributed by atoms with van der Waals surface area (Å²) in [5.41, 5.74) is 3.41. The summed E-state index contributed by atoms with van der Waals surface area (Å²) < 4.78 is 0. The van der Waals surface area contributed by atoms with Crippen molar-refractivity contribution in [3.63, 3.8) is 0 Å². The number of rotatable bonds is 4. The molecule has 3 heteroatoms. The highest BCUT2D eigenvalue weighted by atomic mass is 16.1. The Morgan fingerprint density at radius 3 is 2.84 bits per heavy atom. The smallest absolute Gasteiger partial charge is 0.251 e. The van der Waals surface area contributed by atoms with Crippen molar-refractivity contribution in [2.45, 2.75) is 46.2 Å². The summed E-state index contributed by atoms with van der Waals surface area (Å²) in [7, 11) is 0. The molecule has 1 aliphatic heterocycles. The maximum atomic E-state index is 12.3. The second-order valence-electron chi connectivity index (χ2n) is 5.64. The second kappa shape index (κ2) is 6.20.